The molecular weight excluding hydrogens is 446 g/mol. The molecule has 3 rings (SSSR count). The highest BCUT2D eigenvalue weighted by Crippen LogP contribution is 2.22. The summed E-state index contributed by atoms with van der Waals surface area (Å²) in [6.07, 6.45) is 1.88. The van der Waals surface area contributed by atoms with Crippen molar-refractivity contribution in [2.45, 2.75) is 37.6 Å². The average Bonchev–Trinajstić information content (AvgIpc) is 3.62. The molecule has 1 saturated carbocycles. The number of benzene rings is 2. The van der Waals surface area contributed by atoms with Crippen molar-refractivity contribution < 1.29 is 27.5 Å². The second-order valence-corrected chi connectivity index (χ2v) is 9.47. The van der Waals surface area contributed by atoms with E-state index < -0.39 is 28.5 Å². The molecule has 0 bridgehead atoms. The zero-order chi connectivity index (χ0) is 24.0. The molecule has 0 unspecified atom stereocenters. The van der Waals surface area contributed by atoms with E-state index in [1.807, 2.05) is 0 Å². The molecule has 0 aliphatic heterocycles. The average molecular weight is 474 g/mol. The molecule has 33 heavy (non-hydrogen) atoms. The van der Waals surface area contributed by atoms with Crippen molar-refractivity contribution >= 4 is 33.5 Å². The Morgan fingerprint density at radius 3 is 2.39 bits per heavy atom. The van der Waals surface area contributed by atoms with Gasteiger partial charge in [-0.2, -0.15) is 4.31 Å². The molecule has 0 atom stereocenters. The predicted molar refractivity (Wildman–Crippen MR) is 122 cm³/mol. The molecule has 176 valence electrons. The van der Waals surface area contributed by atoms with Gasteiger partial charge in [-0.1, -0.05) is 32.0 Å². The first-order valence-corrected chi connectivity index (χ1v) is 12.2. The SMILES string of the molecule is CCN(CC)S(=O)(=O)c1cccc(C(=O)OCC(=O)Nc2ccccc2C(=O)NC2CC2)c1. The fourth-order valence-corrected chi connectivity index (χ4v) is 4.68. The number of amides is 2. The van der Waals surface area contributed by atoms with E-state index in [4.69, 9.17) is 4.74 Å². The first-order chi connectivity index (χ1) is 15.8. The standard InChI is InChI=1S/C23H27N3O6S/c1-3-26(4-2)33(30,31)18-9-7-8-16(14-18)23(29)32-15-21(27)25-20-11-6-5-10-19(20)22(28)24-17-12-13-17/h5-11,14,17H,3-4,12-13,15H2,1-2H3,(H,24,28)(H,25,27). The zero-order valence-corrected chi connectivity index (χ0v) is 19.4. The molecule has 1 aliphatic rings. The van der Waals surface area contributed by atoms with Crippen LogP contribution in [-0.4, -0.2) is 56.2 Å². The lowest BCUT2D eigenvalue weighted by Gasteiger charge is -2.18. The number of nitrogens with zero attached hydrogens (tertiary/aromatic N) is 1. The Balaban J connectivity index is 1.63. The van der Waals surface area contributed by atoms with Gasteiger partial charge in [0.1, 0.15) is 0 Å². The van der Waals surface area contributed by atoms with Gasteiger partial charge in [0.2, 0.25) is 10.0 Å². The van der Waals surface area contributed by atoms with E-state index in [-0.39, 0.29) is 22.4 Å². The lowest BCUT2D eigenvalue weighted by Crippen LogP contribution is -2.30. The molecule has 0 spiro atoms. The number of para-hydroxylation sites is 1. The van der Waals surface area contributed by atoms with E-state index in [1.165, 1.54) is 28.6 Å². The summed E-state index contributed by atoms with van der Waals surface area (Å²) < 4.78 is 31.7. The molecule has 2 aromatic rings. The number of carbonyl (C=O) groups is 3. The van der Waals surface area contributed by atoms with Crippen molar-refractivity contribution in [3.63, 3.8) is 0 Å². The second kappa shape index (κ2) is 10.6. The van der Waals surface area contributed by atoms with Gasteiger partial charge in [0.05, 0.1) is 21.7 Å². The van der Waals surface area contributed by atoms with Gasteiger partial charge in [0.25, 0.3) is 11.8 Å². The molecule has 10 heteroatoms. The van der Waals surface area contributed by atoms with Gasteiger partial charge < -0.3 is 15.4 Å². The van der Waals surface area contributed by atoms with Gasteiger partial charge in [-0.3, -0.25) is 9.59 Å². The topological polar surface area (TPSA) is 122 Å². The Labute approximate surface area is 193 Å². The van der Waals surface area contributed by atoms with Crippen LogP contribution in [-0.2, 0) is 19.6 Å². The third-order valence-corrected chi connectivity index (χ3v) is 7.15. The summed E-state index contributed by atoms with van der Waals surface area (Å²) in [6.45, 7) is 3.46. The highest BCUT2D eigenvalue weighted by molar-refractivity contribution is 7.89. The van der Waals surface area contributed by atoms with Gasteiger partial charge >= 0.3 is 5.97 Å². The van der Waals surface area contributed by atoms with Crippen LogP contribution < -0.4 is 10.6 Å². The number of anilines is 1. The summed E-state index contributed by atoms with van der Waals surface area (Å²) in [5.41, 5.74) is 0.641. The van der Waals surface area contributed by atoms with Crippen LogP contribution in [0.1, 0.15) is 47.4 Å². The normalized spacial score (nSPS) is 13.4. The van der Waals surface area contributed by atoms with E-state index in [2.05, 4.69) is 10.6 Å². The summed E-state index contributed by atoms with van der Waals surface area (Å²) in [4.78, 5) is 37.1. The number of hydrogen-bond acceptors (Lipinski definition) is 6. The third kappa shape index (κ3) is 6.17. The van der Waals surface area contributed by atoms with Gasteiger partial charge in [0, 0.05) is 19.1 Å². The number of carbonyl (C=O) groups excluding carboxylic acids is 3. The first-order valence-electron chi connectivity index (χ1n) is 10.7. The largest absolute Gasteiger partial charge is 0.452 e. The van der Waals surface area contributed by atoms with Crippen LogP contribution in [0.3, 0.4) is 0 Å². The van der Waals surface area contributed by atoms with Gasteiger partial charge in [-0.15, -0.1) is 0 Å². The number of sulfonamides is 1. The van der Waals surface area contributed by atoms with Crippen LogP contribution in [0.2, 0.25) is 0 Å². The van der Waals surface area contributed by atoms with Gasteiger partial charge in [-0.05, 0) is 43.2 Å². The Hall–Kier alpha value is -3.24. The second-order valence-electron chi connectivity index (χ2n) is 7.53. The number of hydrogen-bond donors (Lipinski definition) is 2. The molecule has 0 saturated heterocycles. The third-order valence-electron chi connectivity index (χ3n) is 5.11. The van der Waals surface area contributed by atoms with Crippen LogP contribution in [0.5, 0.6) is 0 Å². The maximum atomic E-state index is 12.7. The fraction of sp³-hybridized carbons (Fsp3) is 0.348. The van der Waals surface area contributed by atoms with Crippen molar-refractivity contribution in [1.82, 2.24) is 9.62 Å². The maximum absolute atomic E-state index is 12.7. The van der Waals surface area contributed by atoms with E-state index in [1.54, 1.807) is 38.1 Å². The van der Waals surface area contributed by atoms with Crippen molar-refractivity contribution in [3.05, 3.63) is 59.7 Å². The van der Waals surface area contributed by atoms with Crippen LogP contribution in [0.25, 0.3) is 0 Å². The van der Waals surface area contributed by atoms with Crippen molar-refractivity contribution in [1.29, 1.82) is 0 Å². The van der Waals surface area contributed by atoms with Crippen LogP contribution >= 0.6 is 0 Å². The number of esters is 1. The smallest absolute Gasteiger partial charge is 0.338 e. The monoisotopic (exact) mass is 473 g/mol. The van der Waals surface area contributed by atoms with Crippen LogP contribution in [0.4, 0.5) is 5.69 Å². The Morgan fingerprint density at radius 2 is 1.73 bits per heavy atom. The van der Waals surface area contributed by atoms with E-state index in [9.17, 15) is 22.8 Å². The van der Waals surface area contributed by atoms with E-state index >= 15 is 0 Å². The molecule has 1 aliphatic carbocycles. The summed E-state index contributed by atoms with van der Waals surface area (Å²) in [5, 5.41) is 5.44. The Kier molecular flexibility index (Phi) is 7.83. The van der Waals surface area contributed by atoms with Gasteiger partial charge in [0.15, 0.2) is 6.61 Å². The van der Waals surface area contributed by atoms with Gasteiger partial charge in [-0.25, -0.2) is 13.2 Å². The summed E-state index contributed by atoms with van der Waals surface area (Å²) in [6, 6.07) is 12.2. The predicted octanol–water partition coefficient (Wildman–Crippen LogP) is 2.40. The summed E-state index contributed by atoms with van der Waals surface area (Å²) in [7, 11) is -3.74. The van der Waals surface area contributed by atoms with Crippen LogP contribution in [0, 0.1) is 0 Å². The van der Waals surface area contributed by atoms with E-state index in [0.717, 1.165) is 12.8 Å². The van der Waals surface area contributed by atoms with E-state index in [0.29, 0.717) is 24.3 Å². The van der Waals surface area contributed by atoms with Crippen molar-refractivity contribution in [2.24, 2.45) is 0 Å². The molecule has 2 aromatic carbocycles. The number of nitrogens with one attached hydrogen (secondary N) is 2. The Morgan fingerprint density at radius 1 is 1.03 bits per heavy atom. The highest BCUT2D eigenvalue weighted by atomic mass is 32.2. The zero-order valence-electron chi connectivity index (χ0n) is 18.5. The summed E-state index contributed by atoms with van der Waals surface area (Å²) >= 11 is 0. The Bertz CT molecular complexity index is 1140. The lowest BCUT2D eigenvalue weighted by atomic mass is 10.1. The number of ether oxygens (including phenoxy) is 1. The minimum absolute atomic E-state index is 0.0141. The fourth-order valence-electron chi connectivity index (χ4n) is 3.18. The highest BCUT2D eigenvalue weighted by Gasteiger charge is 2.25. The maximum Gasteiger partial charge on any atom is 0.338 e. The quantitative estimate of drug-likeness (QED) is 0.511. The molecule has 0 radical (unpaired) electrons. The molecule has 9 nitrogen and oxygen atoms in total. The van der Waals surface area contributed by atoms with Crippen molar-refractivity contribution in [3.8, 4) is 0 Å². The van der Waals surface area contributed by atoms with Crippen LogP contribution in [0.15, 0.2) is 53.4 Å². The molecular formula is C23H27N3O6S. The molecule has 0 aromatic heterocycles. The molecule has 2 N–H and O–H groups in total. The first kappa shape index (κ1) is 24.4. The lowest BCUT2D eigenvalue weighted by molar-refractivity contribution is -0.119. The van der Waals surface area contributed by atoms with Crippen molar-refractivity contribution in [2.75, 3.05) is 25.0 Å². The molecule has 1 fully saturated rings. The minimum Gasteiger partial charge on any atom is -0.452 e. The summed E-state index contributed by atoms with van der Waals surface area (Å²) in [5.74, 6) is -1.74. The molecule has 0 heterocycles. The number of rotatable bonds is 10. The minimum atomic E-state index is -3.74. The molecule has 2 amide bonds.